The molecule has 0 aliphatic heterocycles. The van der Waals surface area contributed by atoms with Gasteiger partial charge in [-0.05, 0) is 58.5 Å². The number of halogens is 3. The number of hydrogen-bond donors (Lipinski definition) is 2. The highest BCUT2D eigenvalue weighted by Gasteiger charge is 2.17. The smallest absolute Gasteiger partial charge is 0.153 e. The van der Waals surface area contributed by atoms with Gasteiger partial charge in [0, 0.05) is 13.6 Å². The van der Waals surface area contributed by atoms with Gasteiger partial charge in [-0.25, -0.2) is 4.39 Å². The van der Waals surface area contributed by atoms with Crippen LogP contribution in [0.5, 0.6) is 0 Å². The average molecular weight is 458 g/mol. The lowest BCUT2D eigenvalue weighted by Crippen LogP contribution is -1.90. The van der Waals surface area contributed by atoms with Crippen LogP contribution in [0.1, 0.15) is 0 Å². The van der Waals surface area contributed by atoms with E-state index in [9.17, 15) is 4.39 Å². The van der Waals surface area contributed by atoms with Crippen LogP contribution in [-0.4, -0.2) is 10.2 Å². The van der Waals surface area contributed by atoms with Crippen LogP contribution in [0, 0.1) is 9.39 Å². The van der Waals surface area contributed by atoms with Gasteiger partial charge in [0.15, 0.2) is 5.82 Å². The predicted octanol–water partition coefficient (Wildman–Crippen LogP) is 4.83. The predicted molar refractivity (Wildman–Crippen MR) is 94.2 cm³/mol. The Morgan fingerprint density at radius 1 is 1.14 bits per heavy atom. The second-order valence-electron chi connectivity index (χ2n) is 4.49. The van der Waals surface area contributed by atoms with Gasteiger partial charge < -0.3 is 5.73 Å². The second-order valence-corrected chi connectivity index (χ2v) is 6.57. The van der Waals surface area contributed by atoms with Crippen molar-refractivity contribution in [2.45, 2.75) is 0 Å². The van der Waals surface area contributed by atoms with Crippen LogP contribution in [0.4, 0.5) is 10.2 Å². The molecule has 2 aromatic carbocycles. The van der Waals surface area contributed by atoms with Crippen LogP contribution in [0.25, 0.3) is 22.4 Å². The lowest BCUT2D eigenvalue weighted by atomic mass is 10.0. The molecule has 0 atom stereocenters. The summed E-state index contributed by atoms with van der Waals surface area (Å²) in [6, 6.07) is 12.2. The number of nitrogens with one attached hydrogen (secondary N) is 1. The van der Waals surface area contributed by atoms with Crippen molar-refractivity contribution in [3.8, 4) is 22.4 Å². The standard InChI is InChI=1S/C15H10BrFIN3/c16-9-3-6-12(18)11(7-9)14-13(15(19)21-20-14)8-1-4-10(17)5-2-8/h1-7H,(H3,19,20,21). The Balaban J connectivity index is 2.21. The van der Waals surface area contributed by atoms with E-state index in [-0.39, 0.29) is 5.82 Å². The molecule has 3 aromatic rings. The highest BCUT2D eigenvalue weighted by molar-refractivity contribution is 14.1. The highest BCUT2D eigenvalue weighted by atomic mass is 127. The molecule has 1 heterocycles. The summed E-state index contributed by atoms with van der Waals surface area (Å²) in [5.74, 6) is 0.117. The summed E-state index contributed by atoms with van der Waals surface area (Å²) in [5, 5.41) is 7.08. The van der Waals surface area contributed by atoms with Crippen LogP contribution in [0.15, 0.2) is 46.9 Å². The summed E-state index contributed by atoms with van der Waals surface area (Å²) in [6.07, 6.45) is 0. The number of benzene rings is 2. The molecule has 0 bridgehead atoms. The van der Waals surface area contributed by atoms with Gasteiger partial charge in [-0.1, -0.05) is 28.1 Å². The number of H-pyrrole nitrogens is 1. The van der Waals surface area contributed by atoms with Gasteiger partial charge in [0.25, 0.3) is 0 Å². The van der Waals surface area contributed by atoms with Crippen molar-refractivity contribution in [2.24, 2.45) is 0 Å². The monoisotopic (exact) mass is 457 g/mol. The van der Waals surface area contributed by atoms with E-state index in [0.29, 0.717) is 5.82 Å². The van der Waals surface area contributed by atoms with Crippen molar-refractivity contribution in [3.05, 3.63) is 56.3 Å². The van der Waals surface area contributed by atoms with Crippen LogP contribution in [0.2, 0.25) is 0 Å². The van der Waals surface area contributed by atoms with Gasteiger partial charge >= 0.3 is 0 Å². The molecule has 1 aromatic heterocycles. The normalized spacial score (nSPS) is 10.8. The maximum absolute atomic E-state index is 13.1. The number of nitrogen functional groups attached to an aromatic ring is 1. The molecule has 21 heavy (non-hydrogen) atoms. The van der Waals surface area contributed by atoms with Crippen LogP contribution >= 0.6 is 38.5 Å². The highest BCUT2D eigenvalue weighted by Crippen LogP contribution is 2.37. The average Bonchev–Trinajstić information content (AvgIpc) is 2.84. The summed E-state index contributed by atoms with van der Waals surface area (Å²) in [7, 11) is 0. The molecule has 0 saturated heterocycles. The molecule has 3 N–H and O–H groups in total. The molecule has 0 aliphatic carbocycles. The summed E-state index contributed by atoms with van der Waals surface area (Å²) in [5.41, 5.74) is 9.42. The molecule has 6 heteroatoms. The van der Waals surface area contributed by atoms with Crippen LogP contribution in [-0.2, 0) is 0 Å². The van der Waals surface area contributed by atoms with Gasteiger partial charge in [0.1, 0.15) is 5.82 Å². The van der Waals surface area contributed by atoms with Gasteiger partial charge in [0.05, 0.1) is 11.3 Å². The number of aromatic nitrogens is 2. The molecule has 3 rings (SSSR count). The van der Waals surface area contributed by atoms with E-state index in [1.165, 1.54) is 12.1 Å². The van der Waals surface area contributed by atoms with Gasteiger partial charge in [-0.2, -0.15) is 5.10 Å². The number of nitrogens with zero attached hydrogens (tertiary/aromatic N) is 1. The van der Waals surface area contributed by atoms with Crippen LogP contribution < -0.4 is 5.73 Å². The molecule has 0 aliphatic rings. The fourth-order valence-corrected chi connectivity index (χ4v) is 3.12. The first kappa shape index (κ1) is 14.5. The van der Waals surface area contributed by atoms with E-state index in [1.54, 1.807) is 12.1 Å². The minimum atomic E-state index is -0.278. The number of nitrogens with two attached hydrogens (primary N) is 1. The Morgan fingerprint density at radius 3 is 2.57 bits per heavy atom. The number of hydrogen-bond acceptors (Lipinski definition) is 2. The van der Waals surface area contributed by atoms with E-state index in [0.717, 1.165) is 30.4 Å². The Labute approximate surface area is 143 Å². The Morgan fingerprint density at radius 2 is 1.86 bits per heavy atom. The minimum absolute atomic E-state index is 0.278. The number of aromatic amines is 1. The Kier molecular flexibility index (Phi) is 3.99. The molecule has 0 fully saturated rings. The summed E-state index contributed by atoms with van der Waals surface area (Å²) >= 11 is 5.73. The van der Waals surface area contributed by atoms with Crippen LogP contribution in [0.3, 0.4) is 0 Å². The zero-order chi connectivity index (χ0) is 15.0. The van der Waals surface area contributed by atoms with E-state index < -0.39 is 0 Å². The number of rotatable bonds is 2. The lowest BCUT2D eigenvalue weighted by molar-refractivity contribution is 0.628. The molecule has 0 spiro atoms. The summed E-state index contributed by atoms with van der Waals surface area (Å²) in [4.78, 5) is 0. The zero-order valence-corrected chi connectivity index (χ0v) is 14.4. The Bertz CT molecular complexity index is 799. The fraction of sp³-hybridized carbons (Fsp3) is 0. The quantitative estimate of drug-likeness (QED) is 0.541. The maximum atomic E-state index is 13.1. The minimum Gasteiger partial charge on any atom is -0.382 e. The number of anilines is 1. The lowest BCUT2D eigenvalue weighted by Gasteiger charge is -2.07. The molecule has 0 amide bonds. The molecule has 0 radical (unpaired) electrons. The van der Waals surface area contributed by atoms with E-state index in [2.05, 4.69) is 48.7 Å². The SMILES string of the molecule is Nc1n[nH]c(-c2cc(Br)ccc2I)c1-c1ccc(F)cc1. The first-order valence-electron chi connectivity index (χ1n) is 6.11. The summed E-state index contributed by atoms with van der Waals surface area (Å²) < 4.78 is 15.1. The molecular weight excluding hydrogens is 448 g/mol. The van der Waals surface area contributed by atoms with E-state index in [4.69, 9.17) is 5.73 Å². The molecule has 0 unspecified atom stereocenters. The fourth-order valence-electron chi connectivity index (χ4n) is 2.15. The Hall–Kier alpha value is -1.41. The summed E-state index contributed by atoms with van der Waals surface area (Å²) in [6.45, 7) is 0. The second kappa shape index (κ2) is 5.76. The van der Waals surface area contributed by atoms with Gasteiger partial charge in [-0.15, -0.1) is 0 Å². The molecule has 0 saturated carbocycles. The van der Waals surface area contributed by atoms with Crippen molar-refractivity contribution in [2.75, 3.05) is 5.73 Å². The maximum Gasteiger partial charge on any atom is 0.153 e. The third kappa shape index (κ3) is 2.82. The van der Waals surface area contributed by atoms with Crippen molar-refractivity contribution in [1.29, 1.82) is 0 Å². The largest absolute Gasteiger partial charge is 0.382 e. The van der Waals surface area contributed by atoms with Crippen molar-refractivity contribution in [3.63, 3.8) is 0 Å². The third-order valence-corrected chi connectivity index (χ3v) is 4.56. The van der Waals surface area contributed by atoms with Gasteiger partial charge in [-0.3, -0.25) is 5.10 Å². The molecular formula is C15H10BrFIN3. The first-order valence-corrected chi connectivity index (χ1v) is 7.98. The van der Waals surface area contributed by atoms with Gasteiger partial charge in [0.2, 0.25) is 0 Å². The molecule has 106 valence electrons. The van der Waals surface area contributed by atoms with E-state index >= 15 is 0 Å². The zero-order valence-electron chi connectivity index (χ0n) is 10.7. The van der Waals surface area contributed by atoms with Crippen molar-refractivity contribution < 1.29 is 4.39 Å². The third-order valence-electron chi connectivity index (χ3n) is 3.12. The topological polar surface area (TPSA) is 54.7 Å². The van der Waals surface area contributed by atoms with Crippen molar-refractivity contribution in [1.82, 2.24) is 10.2 Å². The van der Waals surface area contributed by atoms with E-state index in [1.807, 2.05) is 18.2 Å². The van der Waals surface area contributed by atoms with Crippen molar-refractivity contribution >= 4 is 44.3 Å². The molecule has 3 nitrogen and oxygen atoms in total. The first-order chi connectivity index (χ1) is 10.1.